The zero-order valence-electron chi connectivity index (χ0n) is 14.6. The van der Waals surface area contributed by atoms with Gasteiger partial charge in [-0.2, -0.15) is 13.2 Å². The molecular formula is C17H24F3N3O2. The number of hydrogen-bond acceptors (Lipinski definition) is 4. The van der Waals surface area contributed by atoms with Crippen LogP contribution in [0.1, 0.15) is 42.7 Å². The van der Waals surface area contributed by atoms with Crippen molar-refractivity contribution in [3.63, 3.8) is 0 Å². The molecule has 0 spiro atoms. The predicted molar refractivity (Wildman–Crippen MR) is 88.1 cm³/mol. The van der Waals surface area contributed by atoms with Gasteiger partial charge < -0.3 is 9.80 Å². The van der Waals surface area contributed by atoms with Crippen molar-refractivity contribution in [2.45, 2.75) is 39.4 Å². The van der Waals surface area contributed by atoms with Crippen molar-refractivity contribution in [3.8, 4) is 0 Å². The number of halogens is 3. The molecule has 1 amide bonds. The van der Waals surface area contributed by atoms with Crippen LogP contribution in [0.4, 0.5) is 13.2 Å². The van der Waals surface area contributed by atoms with Crippen LogP contribution in [-0.2, 0) is 11.3 Å². The van der Waals surface area contributed by atoms with Crippen molar-refractivity contribution in [2.75, 3.05) is 26.2 Å². The third-order valence-corrected chi connectivity index (χ3v) is 3.91. The lowest BCUT2D eigenvalue weighted by Crippen LogP contribution is -2.41. The van der Waals surface area contributed by atoms with E-state index in [4.69, 9.17) is 0 Å². The summed E-state index contributed by atoms with van der Waals surface area (Å²) in [7, 11) is 0. The maximum Gasteiger partial charge on any atom is 0.471 e. The molecule has 1 rings (SSSR count). The Bertz CT molecular complexity index is 560. The maximum atomic E-state index is 12.8. The molecule has 0 fully saturated rings. The minimum absolute atomic E-state index is 0.00733. The van der Waals surface area contributed by atoms with E-state index in [1.54, 1.807) is 0 Å². The first-order chi connectivity index (χ1) is 11.8. The summed E-state index contributed by atoms with van der Waals surface area (Å²) in [6.45, 7) is 6.30. The van der Waals surface area contributed by atoms with Gasteiger partial charge in [0.25, 0.3) is 0 Å². The van der Waals surface area contributed by atoms with E-state index in [2.05, 4.69) is 9.88 Å². The van der Waals surface area contributed by atoms with E-state index < -0.39 is 12.1 Å². The lowest BCUT2D eigenvalue weighted by Gasteiger charge is -2.24. The second kappa shape index (κ2) is 10.1. The van der Waals surface area contributed by atoms with Gasteiger partial charge in [-0.25, -0.2) is 0 Å². The average molecular weight is 359 g/mol. The normalized spacial score (nSPS) is 11.6. The highest BCUT2D eigenvalue weighted by atomic mass is 19.4. The lowest BCUT2D eigenvalue weighted by molar-refractivity contribution is -0.186. The quantitative estimate of drug-likeness (QED) is 0.476. The maximum absolute atomic E-state index is 12.8. The number of amides is 1. The van der Waals surface area contributed by atoms with Gasteiger partial charge in [-0.3, -0.25) is 14.6 Å². The van der Waals surface area contributed by atoms with E-state index in [1.807, 2.05) is 13.8 Å². The Morgan fingerprint density at radius 1 is 1.20 bits per heavy atom. The highest BCUT2D eigenvalue weighted by Crippen LogP contribution is 2.20. The smallest absolute Gasteiger partial charge is 0.329 e. The molecule has 1 aromatic heterocycles. The first-order valence-electron chi connectivity index (χ1n) is 8.30. The Morgan fingerprint density at radius 3 is 2.40 bits per heavy atom. The summed E-state index contributed by atoms with van der Waals surface area (Å²) in [6, 6.07) is 2.84. The molecule has 0 atom stereocenters. The summed E-state index contributed by atoms with van der Waals surface area (Å²) in [6.07, 6.45) is -1.83. The number of carbonyl (C=O) groups excluding carboxylic acids is 2. The first-order valence-corrected chi connectivity index (χ1v) is 8.30. The van der Waals surface area contributed by atoms with E-state index in [0.29, 0.717) is 24.7 Å². The standard InChI is InChI=1S/C17H24F3N3O2/c1-3-22(4-2)9-5-6-10-23(16(25)17(18,19)20)12-15-11-14(13-24)7-8-21-15/h7-8,11,13H,3-6,9-10,12H2,1-2H3. The predicted octanol–water partition coefficient (Wildman–Crippen LogP) is 2.91. The van der Waals surface area contributed by atoms with Crippen molar-refractivity contribution >= 4 is 12.2 Å². The largest absolute Gasteiger partial charge is 0.471 e. The van der Waals surface area contributed by atoms with Gasteiger partial charge in [0, 0.05) is 18.3 Å². The second-order valence-electron chi connectivity index (χ2n) is 5.66. The van der Waals surface area contributed by atoms with Crippen LogP contribution in [-0.4, -0.2) is 59.3 Å². The van der Waals surface area contributed by atoms with Gasteiger partial charge in [-0.15, -0.1) is 0 Å². The van der Waals surface area contributed by atoms with Gasteiger partial charge in [-0.05, 0) is 44.6 Å². The van der Waals surface area contributed by atoms with Gasteiger partial charge in [-0.1, -0.05) is 13.8 Å². The molecule has 0 saturated carbocycles. The SMILES string of the molecule is CCN(CC)CCCCN(Cc1cc(C=O)ccn1)C(=O)C(F)(F)F. The molecule has 0 saturated heterocycles. The Morgan fingerprint density at radius 2 is 1.84 bits per heavy atom. The molecule has 140 valence electrons. The molecule has 0 aromatic carbocycles. The number of aromatic nitrogens is 1. The average Bonchev–Trinajstić information content (AvgIpc) is 2.59. The molecule has 0 aliphatic carbocycles. The highest BCUT2D eigenvalue weighted by Gasteiger charge is 2.42. The molecule has 25 heavy (non-hydrogen) atoms. The zero-order chi connectivity index (χ0) is 18.9. The van der Waals surface area contributed by atoms with E-state index in [9.17, 15) is 22.8 Å². The van der Waals surface area contributed by atoms with Gasteiger partial charge in [0.2, 0.25) is 0 Å². The Kier molecular flexibility index (Phi) is 8.54. The minimum Gasteiger partial charge on any atom is -0.329 e. The molecule has 1 heterocycles. The summed E-state index contributed by atoms with van der Waals surface area (Å²) in [5, 5.41) is 0. The fourth-order valence-electron chi connectivity index (χ4n) is 2.46. The van der Waals surface area contributed by atoms with Crippen LogP contribution in [0.2, 0.25) is 0 Å². The molecule has 0 aliphatic rings. The zero-order valence-corrected chi connectivity index (χ0v) is 14.6. The van der Waals surface area contributed by atoms with E-state index in [1.165, 1.54) is 18.3 Å². The number of carbonyl (C=O) groups is 2. The fourth-order valence-corrected chi connectivity index (χ4v) is 2.46. The third kappa shape index (κ3) is 7.21. The van der Waals surface area contributed by atoms with E-state index in [0.717, 1.165) is 24.5 Å². The van der Waals surface area contributed by atoms with Gasteiger partial charge in [0.1, 0.15) is 6.29 Å². The van der Waals surface area contributed by atoms with Crippen molar-refractivity contribution < 1.29 is 22.8 Å². The van der Waals surface area contributed by atoms with Crippen LogP contribution in [0.3, 0.4) is 0 Å². The van der Waals surface area contributed by atoms with Gasteiger partial charge >= 0.3 is 12.1 Å². The van der Waals surface area contributed by atoms with Crippen molar-refractivity contribution in [1.82, 2.24) is 14.8 Å². The summed E-state index contributed by atoms with van der Waals surface area (Å²) < 4.78 is 38.5. The molecule has 0 bridgehead atoms. The highest BCUT2D eigenvalue weighted by molar-refractivity contribution is 5.82. The Hall–Kier alpha value is -1.96. The van der Waals surface area contributed by atoms with Crippen LogP contribution in [0.5, 0.6) is 0 Å². The fraction of sp³-hybridized carbons (Fsp3) is 0.588. The summed E-state index contributed by atoms with van der Waals surface area (Å²) in [4.78, 5) is 29.3. The van der Waals surface area contributed by atoms with Crippen LogP contribution in [0, 0.1) is 0 Å². The number of aldehydes is 1. The van der Waals surface area contributed by atoms with Crippen LogP contribution >= 0.6 is 0 Å². The summed E-state index contributed by atoms with van der Waals surface area (Å²) >= 11 is 0. The second-order valence-corrected chi connectivity index (χ2v) is 5.66. The Balaban J connectivity index is 2.72. The molecule has 5 nitrogen and oxygen atoms in total. The third-order valence-electron chi connectivity index (χ3n) is 3.91. The number of hydrogen-bond donors (Lipinski definition) is 0. The number of unbranched alkanes of at least 4 members (excludes halogenated alkanes) is 1. The topological polar surface area (TPSA) is 53.5 Å². The number of rotatable bonds is 10. The molecular weight excluding hydrogens is 335 g/mol. The first kappa shape index (κ1) is 21.1. The van der Waals surface area contributed by atoms with Gasteiger partial charge in [0.05, 0.1) is 12.2 Å². The minimum atomic E-state index is -4.93. The van der Waals surface area contributed by atoms with E-state index >= 15 is 0 Å². The van der Waals surface area contributed by atoms with Gasteiger partial charge in [0.15, 0.2) is 0 Å². The van der Waals surface area contributed by atoms with Crippen LogP contribution in [0.15, 0.2) is 18.3 Å². The Labute approximate surface area is 145 Å². The lowest BCUT2D eigenvalue weighted by atomic mass is 10.2. The number of pyridine rings is 1. The van der Waals surface area contributed by atoms with Crippen molar-refractivity contribution in [1.29, 1.82) is 0 Å². The number of alkyl halides is 3. The molecule has 1 aromatic rings. The molecule has 8 heteroatoms. The van der Waals surface area contributed by atoms with Crippen molar-refractivity contribution in [3.05, 3.63) is 29.6 Å². The summed E-state index contributed by atoms with van der Waals surface area (Å²) in [5.74, 6) is -1.88. The molecule has 0 radical (unpaired) electrons. The van der Waals surface area contributed by atoms with Crippen LogP contribution in [0.25, 0.3) is 0 Å². The molecule has 0 N–H and O–H groups in total. The summed E-state index contributed by atoms with van der Waals surface area (Å²) in [5.41, 5.74) is 0.567. The van der Waals surface area contributed by atoms with Crippen molar-refractivity contribution in [2.24, 2.45) is 0 Å². The number of nitrogens with zero attached hydrogens (tertiary/aromatic N) is 3. The van der Waals surface area contributed by atoms with E-state index in [-0.39, 0.29) is 18.8 Å². The van der Waals surface area contributed by atoms with Crippen LogP contribution < -0.4 is 0 Å². The molecule has 0 unspecified atom stereocenters. The molecule has 0 aliphatic heterocycles. The monoisotopic (exact) mass is 359 g/mol.